The molecular formula is C38H42N2O14S19. The molecule has 16 nitrogen and oxygen atoms in total. The molecule has 5 N–H and O–H groups in total. The highest BCUT2D eigenvalue weighted by molar-refractivity contribution is 8.73. The summed E-state index contributed by atoms with van der Waals surface area (Å²) in [6.45, 7) is -1.79. The van der Waals surface area contributed by atoms with Crippen molar-refractivity contribution in [2.24, 2.45) is 0 Å². The third-order valence-corrected chi connectivity index (χ3v) is 37.3. The number of aldehydes is 2. The van der Waals surface area contributed by atoms with Crippen molar-refractivity contribution in [1.29, 1.82) is 0 Å². The summed E-state index contributed by atoms with van der Waals surface area (Å²) in [6.07, 6.45) is -9.27. The topological polar surface area (TPSA) is 249 Å². The van der Waals surface area contributed by atoms with Gasteiger partial charge in [0.2, 0.25) is 6.54 Å². The van der Waals surface area contributed by atoms with Crippen molar-refractivity contribution in [2.45, 2.75) is 55.1 Å². The second kappa shape index (κ2) is 45.9. The highest BCUT2D eigenvalue weighted by atomic mass is 33.4. The molecule has 0 saturated carbocycles. The Labute approximate surface area is 482 Å². The largest absolute Gasteiger partial charge is 0.394 e. The summed E-state index contributed by atoms with van der Waals surface area (Å²) >= 11 is 18.6. The van der Waals surface area contributed by atoms with Crippen LogP contribution in [0.4, 0.5) is 0 Å². The Morgan fingerprint density at radius 2 is 0.932 bits per heavy atom. The molecule has 35 heteroatoms. The van der Waals surface area contributed by atoms with Crippen molar-refractivity contribution in [3.8, 4) is 0 Å². The monoisotopic (exact) mass is 1360 g/mol. The molecule has 0 spiro atoms. The van der Waals surface area contributed by atoms with Crippen molar-refractivity contribution in [2.75, 3.05) is 19.8 Å². The van der Waals surface area contributed by atoms with Crippen LogP contribution in [0.5, 0.6) is 0 Å². The molecule has 0 aliphatic carbocycles. The number of ether oxygens (including phenoxy) is 3. The van der Waals surface area contributed by atoms with E-state index in [1.165, 1.54) is 35.5 Å². The molecule has 73 heavy (non-hydrogen) atoms. The van der Waals surface area contributed by atoms with Gasteiger partial charge < -0.3 is 39.7 Å². The minimum atomic E-state index is -1.78. The first kappa shape index (κ1) is 69.9. The van der Waals surface area contributed by atoms with E-state index in [0.29, 0.717) is 0 Å². The zero-order valence-corrected chi connectivity index (χ0v) is 52.1. The molecule has 1 aliphatic rings. The van der Waals surface area contributed by atoms with Crippen molar-refractivity contribution in [3.63, 3.8) is 0 Å². The highest BCUT2D eigenvalue weighted by Gasteiger charge is 2.53. The van der Waals surface area contributed by atoms with Crippen LogP contribution >= 0.6 is 0 Å². The molecule has 0 bridgehead atoms. The fraction of sp³-hybridized carbons (Fsp3) is 0.316. The Kier molecular flexibility index (Phi) is 43.9. The average molecular weight is 1360 g/mol. The van der Waals surface area contributed by atoms with Gasteiger partial charge in [-0.05, 0) is 22.3 Å². The van der Waals surface area contributed by atoms with E-state index in [9.17, 15) is 40.7 Å². The summed E-state index contributed by atoms with van der Waals surface area (Å²) in [5.41, 5.74) is 3.14. The maximum atomic E-state index is 11.6. The molecule has 1 fully saturated rings. The van der Waals surface area contributed by atoms with Crippen LogP contribution in [0.2, 0.25) is 0 Å². The summed E-state index contributed by atoms with van der Waals surface area (Å²) in [7, 11) is 23.6. The van der Waals surface area contributed by atoms with Gasteiger partial charge in [0.1, 0.15) is 24.4 Å². The fourth-order valence-corrected chi connectivity index (χ4v) is 35.9. The molecule has 1 saturated heterocycles. The average Bonchev–Trinajstić information content (AvgIpc) is 3.42. The summed E-state index contributed by atoms with van der Waals surface area (Å²) in [5, 5.41) is 70.7. The molecule has 1 heterocycles. The van der Waals surface area contributed by atoms with Gasteiger partial charge in [0.25, 0.3) is 6.04 Å². The number of aliphatic hydroxyl groups excluding tert-OH is 5. The number of rotatable bonds is 15. The third kappa shape index (κ3) is 30.6. The maximum absolute atomic E-state index is 11.6. The summed E-state index contributed by atoms with van der Waals surface area (Å²) in [4.78, 5) is 38.7. The Morgan fingerprint density at radius 1 is 0.589 bits per heavy atom. The number of aliphatic hydroxyl groups is 5. The molecule has 4 aromatic carbocycles. The molecule has 1 aliphatic heterocycles. The maximum Gasteiger partial charge on any atom is 0.271 e. The smallest absolute Gasteiger partial charge is 0.271 e. The summed E-state index contributed by atoms with van der Waals surface area (Å²) in [5.74, 6) is 0. The number of benzene rings is 4. The van der Waals surface area contributed by atoms with E-state index >= 15 is 0 Å². The Balaban J connectivity index is 0.000000519. The van der Waals surface area contributed by atoms with Gasteiger partial charge in [0, 0.05) is 188 Å². The molecule has 0 radical (unpaired) electrons. The predicted molar refractivity (Wildman–Crippen MR) is 331 cm³/mol. The standard InChI is InChI=1S/C19H21NO7.C17H19NO5.C2H2O2.S10.S9/c21-11-14-18(15(20(24)25)16(22)19(23)26-14)27-17(12-7-3-1-4-8-12)13-9-5-2-6-10-13;19-12-15(20)16(11-18(21)22)23-17(13-7-3-1-4-8-13)14-9-5-2-6-10-14;3-1-2-4;1-3-5-7-9-10-8-6-4-2;1-3-5-7-9-8-6-4-2/h1-10,14-19,21-23H,11H2;1-10,15-17,19-20H,11-12H2;1-2H;;/t14-,15?,16?,18+,19+;15-,16-;;;/m11.../s1. The van der Waals surface area contributed by atoms with Crippen LogP contribution in [0.25, 0.3) is 0 Å². The third-order valence-electron chi connectivity index (χ3n) is 8.46. The van der Waals surface area contributed by atoms with Crippen molar-refractivity contribution in [1.82, 2.24) is 0 Å². The first-order chi connectivity index (χ1) is 35.4. The minimum Gasteiger partial charge on any atom is -0.394 e. The molecule has 7 atom stereocenters. The lowest BCUT2D eigenvalue weighted by molar-refractivity contribution is -0.567. The number of nitro groups is 2. The van der Waals surface area contributed by atoms with E-state index in [4.69, 9.17) is 28.9 Å². The number of carbonyl (C=O) groups is 2. The first-order valence-electron chi connectivity index (χ1n) is 19.5. The highest BCUT2D eigenvalue weighted by Crippen LogP contribution is 2.33. The van der Waals surface area contributed by atoms with E-state index in [1.807, 2.05) is 121 Å². The lowest BCUT2D eigenvalue weighted by Crippen LogP contribution is -2.62. The van der Waals surface area contributed by atoms with Crippen LogP contribution in [0, 0.1) is 20.2 Å². The van der Waals surface area contributed by atoms with Gasteiger partial charge in [-0.3, -0.25) is 29.8 Å². The van der Waals surface area contributed by atoms with Gasteiger partial charge >= 0.3 is 0 Å². The SMILES string of the molecule is O=CC=O.O=[N+]([O-])C1C(O)[C@@H](O)O[C@H](CO)[C@@H]1OC(c1ccccc1)c1ccccc1.O=[N+]([O-])C[C@@H](OC(c1ccccc1)c1ccccc1)[C@H](O)CO.S=S=S=S=S=S=S=S=S.S=S=S=S=S=S=S=S=S=S. The van der Waals surface area contributed by atoms with Crippen molar-refractivity contribution in [3.05, 3.63) is 164 Å². The van der Waals surface area contributed by atoms with Crippen LogP contribution in [0.15, 0.2) is 121 Å². The van der Waals surface area contributed by atoms with Gasteiger partial charge in [-0.25, -0.2) is 0 Å². The molecule has 2 unspecified atom stereocenters. The van der Waals surface area contributed by atoms with Gasteiger partial charge in [0.15, 0.2) is 37.2 Å². The van der Waals surface area contributed by atoms with Gasteiger partial charge in [-0.15, -0.1) is 0 Å². The Morgan fingerprint density at radius 3 is 1.22 bits per heavy atom. The van der Waals surface area contributed by atoms with Crippen molar-refractivity contribution >= 4 is 191 Å². The second-order valence-corrected chi connectivity index (χ2v) is 39.3. The van der Waals surface area contributed by atoms with E-state index in [2.05, 4.69) is 44.8 Å². The summed E-state index contributed by atoms with van der Waals surface area (Å²) < 4.78 is 17.0. The molecule has 5 rings (SSSR count). The number of nitrogens with zero attached hydrogens (tertiary/aromatic N) is 2. The normalized spacial score (nSPS) is 16.8. The van der Waals surface area contributed by atoms with Crippen molar-refractivity contribution < 1.29 is 59.2 Å². The van der Waals surface area contributed by atoms with E-state index in [-0.39, 0.29) is 12.6 Å². The van der Waals surface area contributed by atoms with Crippen LogP contribution in [0.1, 0.15) is 34.5 Å². The Hall–Kier alpha value is -1.12. The predicted octanol–water partition coefficient (Wildman–Crippen LogP) is 2.01. The van der Waals surface area contributed by atoms with E-state index in [0.717, 1.165) is 22.3 Å². The van der Waals surface area contributed by atoms with Crippen LogP contribution in [0.3, 0.4) is 0 Å². The zero-order valence-electron chi connectivity index (χ0n) is 36.6. The quantitative estimate of drug-likeness (QED) is 0.0494. The lowest BCUT2D eigenvalue weighted by atomic mass is 9.95. The fourth-order valence-electron chi connectivity index (χ4n) is 5.67. The minimum absolute atomic E-state index is 0.194. The van der Waals surface area contributed by atoms with Crippen LogP contribution < -0.4 is 0 Å². The molecule has 0 aromatic heterocycles. The van der Waals surface area contributed by atoms with Gasteiger partial charge in [-0.1, -0.05) is 121 Å². The van der Waals surface area contributed by atoms with E-state index in [1.54, 1.807) is 97.7 Å². The van der Waals surface area contributed by atoms with Crippen LogP contribution in [-0.2, 0) is 202 Å². The number of hydrogen-bond donors (Lipinski definition) is 5. The van der Waals surface area contributed by atoms with Crippen LogP contribution in [-0.4, -0.2) is 111 Å². The van der Waals surface area contributed by atoms with E-state index < -0.39 is 84.7 Å². The summed E-state index contributed by atoms with van der Waals surface area (Å²) in [6, 6.07) is 35.1. The van der Waals surface area contributed by atoms with Gasteiger partial charge in [-0.2, -0.15) is 0 Å². The number of carbonyl (C=O) groups excluding carboxylic acids is 2. The van der Waals surface area contributed by atoms with Gasteiger partial charge in [0.05, 0.1) is 13.2 Å². The Bertz CT molecular complexity index is 2830. The number of hydrogen-bond acceptors (Lipinski definition) is 18. The molecular weight excluding hydrogens is 1320 g/mol. The first-order valence-corrected chi connectivity index (χ1v) is 42.1. The molecule has 0 amide bonds. The molecule has 402 valence electrons. The lowest BCUT2D eigenvalue weighted by Gasteiger charge is -2.39. The molecule has 4 aromatic rings. The zero-order chi connectivity index (χ0) is 54.1. The second-order valence-electron chi connectivity index (χ2n) is 12.8.